The Labute approximate surface area is 148 Å². The van der Waals surface area contributed by atoms with Crippen LogP contribution < -0.4 is 8.92 Å². The number of hydrogen-bond acceptors (Lipinski definition) is 2. The molecular weight excluding hydrogens is 430 g/mol. The van der Waals surface area contributed by atoms with Crippen molar-refractivity contribution in [3.05, 3.63) is 68.6 Å². The van der Waals surface area contributed by atoms with Gasteiger partial charge in [-0.1, -0.05) is 0 Å². The molecule has 0 bridgehead atoms. The van der Waals surface area contributed by atoms with Gasteiger partial charge in [0, 0.05) is 0 Å². The Kier molecular flexibility index (Phi) is 6.75. The SMILES string of the molecule is COC(=O)/C([Se]c1ccccc1)=C(/C)[Se]c1ccc(Cl)cc1. The molecule has 0 saturated heterocycles. The second-order valence-corrected chi connectivity index (χ2v) is 9.76. The van der Waals surface area contributed by atoms with E-state index in [1.54, 1.807) is 0 Å². The number of halogens is 1. The predicted molar refractivity (Wildman–Crippen MR) is 93.4 cm³/mol. The molecule has 0 amide bonds. The minimum absolute atomic E-state index is 0.0490. The number of allylic oxidation sites excluding steroid dienone is 1. The van der Waals surface area contributed by atoms with E-state index in [0.717, 1.165) is 14.0 Å². The maximum atomic E-state index is 12.1. The number of methoxy groups -OCH3 is 1. The van der Waals surface area contributed by atoms with E-state index in [-0.39, 0.29) is 35.9 Å². The molecule has 0 atom stereocenters. The Balaban J connectivity index is 2.25. The molecule has 114 valence electrons. The summed E-state index contributed by atoms with van der Waals surface area (Å²) in [6.45, 7) is 2.02. The zero-order valence-electron chi connectivity index (χ0n) is 12.2. The number of hydrogen-bond donors (Lipinski definition) is 0. The van der Waals surface area contributed by atoms with Crippen LogP contribution in [0.15, 0.2) is 63.5 Å². The van der Waals surface area contributed by atoms with Crippen LogP contribution in [0.5, 0.6) is 0 Å². The van der Waals surface area contributed by atoms with Crippen LogP contribution >= 0.6 is 11.6 Å². The molecule has 0 heterocycles. The fourth-order valence-electron chi connectivity index (χ4n) is 1.68. The van der Waals surface area contributed by atoms with E-state index >= 15 is 0 Å². The van der Waals surface area contributed by atoms with Crippen LogP contribution in [0.25, 0.3) is 0 Å². The van der Waals surface area contributed by atoms with Gasteiger partial charge in [-0.25, -0.2) is 0 Å². The maximum absolute atomic E-state index is 12.1. The van der Waals surface area contributed by atoms with Crippen molar-refractivity contribution in [1.29, 1.82) is 0 Å². The fraction of sp³-hybridized carbons (Fsp3) is 0.118. The molecule has 0 aliphatic rings. The van der Waals surface area contributed by atoms with Crippen LogP contribution in [0.4, 0.5) is 0 Å². The van der Waals surface area contributed by atoms with Gasteiger partial charge in [0.25, 0.3) is 0 Å². The normalized spacial score (nSPS) is 11.8. The van der Waals surface area contributed by atoms with Crippen LogP contribution in [0.1, 0.15) is 6.92 Å². The molecule has 0 aliphatic heterocycles. The summed E-state index contributed by atoms with van der Waals surface area (Å²) in [6.07, 6.45) is 0. The standard InChI is InChI=1S/C17H15ClO2Se2/c1-12(21-15-10-8-13(18)9-11-15)16(17(19)20-2)22-14-6-4-3-5-7-14/h3-11H,1-2H3/b16-12+. The van der Waals surface area contributed by atoms with E-state index in [1.165, 1.54) is 16.0 Å². The molecule has 2 aromatic carbocycles. The van der Waals surface area contributed by atoms with Crippen LogP contribution in [-0.2, 0) is 9.53 Å². The molecule has 0 spiro atoms. The summed E-state index contributed by atoms with van der Waals surface area (Å²) in [5.74, 6) is -0.225. The van der Waals surface area contributed by atoms with Crippen molar-refractivity contribution in [2.75, 3.05) is 7.11 Å². The number of carbonyl (C=O) groups is 1. The third kappa shape index (κ3) is 5.01. The molecule has 0 fully saturated rings. The Morgan fingerprint density at radius 3 is 2.14 bits per heavy atom. The van der Waals surface area contributed by atoms with E-state index < -0.39 is 0 Å². The molecule has 2 nitrogen and oxygen atoms in total. The summed E-state index contributed by atoms with van der Waals surface area (Å²) in [6, 6.07) is 17.8. The molecular formula is C17H15ClO2Se2. The zero-order chi connectivity index (χ0) is 15.9. The zero-order valence-corrected chi connectivity index (χ0v) is 16.4. The average Bonchev–Trinajstić information content (AvgIpc) is 2.55. The van der Waals surface area contributed by atoms with Crippen molar-refractivity contribution in [3.63, 3.8) is 0 Å². The van der Waals surface area contributed by atoms with Crippen molar-refractivity contribution in [2.24, 2.45) is 0 Å². The van der Waals surface area contributed by atoms with Gasteiger partial charge in [-0.2, -0.15) is 0 Å². The number of rotatable bonds is 5. The summed E-state index contributed by atoms with van der Waals surface area (Å²) in [4.78, 5) is 12.1. The molecule has 2 aromatic rings. The van der Waals surface area contributed by atoms with Gasteiger partial charge >= 0.3 is 149 Å². The molecule has 2 rings (SSSR count). The van der Waals surface area contributed by atoms with E-state index in [4.69, 9.17) is 16.3 Å². The first kappa shape index (κ1) is 17.3. The summed E-state index contributed by atoms with van der Waals surface area (Å²) < 4.78 is 9.24. The van der Waals surface area contributed by atoms with E-state index in [2.05, 4.69) is 0 Å². The Hall–Kier alpha value is -1.02. The van der Waals surface area contributed by atoms with Crippen molar-refractivity contribution < 1.29 is 9.53 Å². The van der Waals surface area contributed by atoms with E-state index in [9.17, 15) is 4.79 Å². The third-order valence-electron chi connectivity index (χ3n) is 2.74. The number of carbonyl (C=O) groups excluding carboxylic acids is 1. The van der Waals surface area contributed by atoms with Crippen molar-refractivity contribution in [3.8, 4) is 0 Å². The molecule has 0 aromatic heterocycles. The van der Waals surface area contributed by atoms with Crippen LogP contribution in [0.2, 0.25) is 5.02 Å². The van der Waals surface area contributed by atoms with E-state index in [1.807, 2.05) is 61.5 Å². The van der Waals surface area contributed by atoms with Crippen molar-refractivity contribution >= 4 is 56.4 Å². The summed E-state index contributed by atoms with van der Waals surface area (Å²) in [5, 5.41) is 0.725. The molecule has 0 N–H and O–H groups in total. The summed E-state index contributed by atoms with van der Waals surface area (Å²) in [5.41, 5.74) is 0. The fourth-order valence-corrected chi connectivity index (χ4v) is 6.16. The Morgan fingerprint density at radius 2 is 1.55 bits per heavy atom. The van der Waals surface area contributed by atoms with Crippen molar-refractivity contribution in [2.45, 2.75) is 6.92 Å². The van der Waals surface area contributed by atoms with Gasteiger partial charge < -0.3 is 0 Å². The third-order valence-corrected chi connectivity index (χ3v) is 8.27. The number of benzene rings is 2. The monoisotopic (exact) mass is 446 g/mol. The van der Waals surface area contributed by atoms with Gasteiger partial charge in [-0.15, -0.1) is 0 Å². The van der Waals surface area contributed by atoms with Gasteiger partial charge in [-0.3, -0.25) is 0 Å². The van der Waals surface area contributed by atoms with Gasteiger partial charge in [0.2, 0.25) is 0 Å². The molecule has 0 unspecified atom stereocenters. The van der Waals surface area contributed by atoms with Gasteiger partial charge in [0.1, 0.15) is 0 Å². The number of esters is 1. The van der Waals surface area contributed by atoms with Gasteiger partial charge in [0.15, 0.2) is 0 Å². The Bertz CT molecular complexity index is 667. The van der Waals surface area contributed by atoms with E-state index in [0.29, 0.717) is 0 Å². The first-order valence-electron chi connectivity index (χ1n) is 6.55. The van der Waals surface area contributed by atoms with Gasteiger partial charge in [0.05, 0.1) is 0 Å². The number of ether oxygens (including phenoxy) is 1. The molecule has 0 saturated carbocycles. The molecule has 0 aliphatic carbocycles. The topological polar surface area (TPSA) is 26.3 Å². The van der Waals surface area contributed by atoms with Crippen LogP contribution in [0.3, 0.4) is 0 Å². The minimum atomic E-state index is -0.225. The summed E-state index contributed by atoms with van der Waals surface area (Å²) >= 11 is 5.95. The molecule has 22 heavy (non-hydrogen) atoms. The molecule has 5 heteroatoms. The second-order valence-electron chi connectivity index (χ2n) is 4.35. The quantitative estimate of drug-likeness (QED) is 0.401. The second kappa shape index (κ2) is 8.57. The van der Waals surface area contributed by atoms with Crippen molar-refractivity contribution in [1.82, 2.24) is 0 Å². The first-order valence-corrected chi connectivity index (χ1v) is 10.4. The van der Waals surface area contributed by atoms with Gasteiger partial charge in [-0.05, 0) is 0 Å². The predicted octanol–water partition coefficient (Wildman–Crippen LogP) is 2.10. The Morgan fingerprint density at radius 1 is 0.955 bits per heavy atom. The summed E-state index contributed by atoms with van der Waals surface area (Å²) in [7, 11) is 1.44. The van der Waals surface area contributed by atoms with Crippen LogP contribution in [-0.4, -0.2) is 43.0 Å². The average molecular weight is 445 g/mol. The molecule has 0 radical (unpaired) electrons. The first-order chi connectivity index (χ1) is 10.6. The van der Waals surface area contributed by atoms with Crippen LogP contribution in [0, 0.1) is 0 Å².